The quantitative estimate of drug-likeness (QED) is 0.832. The van der Waals surface area contributed by atoms with Crippen molar-refractivity contribution in [1.82, 2.24) is 4.98 Å². The van der Waals surface area contributed by atoms with Gasteiger partial charge in [0, 0.05) is 11.5 Å². The van der Waals surface area contributed by atoms with Crippen molar-refractivity contribution < 1.29 is 19.7 Å². The lowest BCUT2D eigenvalue weighted by molar-refractivity contribution is 0.0699. The molecule has 0 spiro atoms. The van der Waals surface area contributed by atoms with Crippen LogP contribution in [-0.4, -0.2) is 34.4 Å². The number of rotatable bonds is 4. The highest BCUT2D eigenvalue weighted by molar-refractivity contribution is 6.02. The number of aromatic nitrogens is 1. The molecule has 0 unspecified atom stereocenters. The Morgan fingerprint density at radius 1 is 1.29 bits per heavy atom. The second kappa shape index (κ2) is 4.80. The number of aliphatic hydroxyl groups is 1. The summed E-state index contributed by atoms with van der Waals surface area (Å²) in [5.74, 6) is -0.615. The zero-order valence-corrected chi connectivity index (χ0v) is 8.96. The summed E-state index contributed by atoms with van der Waals surface area (Å²) in [4.78, 5) is 15.1. The third kappa shape index (κ3) is 2.34. The van der Waals surface area contributed by atoms with Gasteiger partial charge in [-0.1, -0.05) is 6.07 Å². The predicted molar refractivity (Wildman–Crippen MR) is 61.3 cm³/mol. The van der Waals surface area contributed by atoms with E-state index < -0.39 is 5.97 Å². The van der Waals surface area contributed by atoms with Crippen molar-refractivity contribution in [3.05, 3.63) is 35.9 Å². The number of aliphatic hydroxyl groups excluding tert-OH is 1. The summed E-state index contributed by atoms with van der Waals surface area (Å²) in [6.45, 7) is 0.0754. The van der Waals surface area contributed by atoms with Gasteiger partial charge in [-0.15, -0.1) is 0 Å². The Labute approximate surface area is 97.3 Å². The number of hydrogen-bond donors (Lipinski definition) is 2. The smallest absolute Gasteiger partial charge is 0.336 e. The van der Waals surface area contributed by atoms with E-state index in [2.05, 4.69) is 4.98 Å². The monoisotopic (exact) mass is 233 g/mol. The molecule has 0 saturated carbocycles. The van der Waals surface area contributed by atoms with Gasteiger partial charge in [0.25, 0.3) is 0 Å². The second-order valence-electron chi connectivity index (χ2n) is 3.40. The van der Waals surface area contributed by atoms with Crippen LogP contribution in [0.3, 0.4) is 0 Å². The molecule has 1 aromatic heterocycles. The molecular formula is C12H11NO4. The molecule has 2 aromatic rings. The molecule has 0 fully saturated rings. The van der Waals surface area contributed by atoms with Crippen LogP contribution in [0.4, 0.5) is 0 Å². The molecule has 1 heterocycles. The van der Waals surface area contributed by atoms with Crippen molar-refractivity contribution in [2.75, 3.05) is 13.2 Å². The molecule has 1 aromatic carbocycles. The molecular weight excluding hydrogens is 222 g/mol. The summed E-state index contributed by atoms with van der Waals surface area (Å²) in [5.41, 5.74) is 0.768. The van der Waals surface area contributed by atoms with Crippen LogP contribution >= 0.6 is 0 Å². The Bertz CT molecular complexity index is 553. The number of pyridine rings is 1. The van der Waals surface area contributed by atoms with E-state index in [1.54, 1.807) is 24.3 Å². The lowest BCUT2D eigenvalue weighted by atomic mass is 10.1. The van der Waals surface area contributed by atoms with Crippen LogP contribution in [0.15, 0.2) is 30.3 Å². The van der Waals surface area contributed by atoms with E-state index in [1.165, 1.54) is 6.07 Å². The summed E-state index contributed by atoms with van der Waals surface area (Å²) in [7, 11) is 0. The fraction of sp³-hybridized carbons (Fsp3) is 0.167. The molecule has 0 aliphatic carbocycles. The van der Waals surface area contributed by atoms with Gasteiger partial charge in [0.2, 0.25) is 5.88 Å². The van der Waals surface area contributed by atoms with Crippen molar-refractivity contribution in [3.8, 4) is 5.88 Å². The van der Waals surface area contributed by atoms with Gasteiger partial charge in [-0.05, 0) is 18.2 Å². The standard InChI is InChI=1S/C12H11NO4/c14-6-7-17-11-5-4-8-9(12(15)16)2-1-3-10(8)13-11/h1-5,14H,6-7H2,(H,15,16). The number of benzene rings is 1. The third-order valence-corrected chi connectivity index (χ3v) is 2.28. The molecule has 0 atom stereocenters. The fourth-order valence-electron chi connectivity index (χ4n) is 1.55. The molecule has 5 nitrogen and oxygen atoms in total. The fourth-order valence-corrected chi connectivity index (χ4v) is 1.55. The van der Waals surface area contributed by atoms with Gasteiger partial charge < -0.3 is 14.9 Å². The van der Waals surface area contributed by atoms with E-state index in [1.807, 2.05) is 0 Å². The Morgan fingerprint density at radius 2 is 2.12 bits per heavy atom. The maximum absolute atomic E-state index is 11.0. The largest absolute Gasteiger partial charge is 0.478 e. The van der Waals surface area contributed by atoms with Crippen molar-refractivity contribution in [2.45, 2.75) is 0 Å². The van der Waals surface area contributed by atoms with Crippen LogP contribution in [0.1, 0.15) is 10.4 Å². The Balaban J connectivity index is 2.45. The number of carboxylic acid groups (broad SMARTS) is 1. The Hall–Kier alpha value is -2.14. The molecule has 17 heavy (non-hydrogen) atoms. The maximum atomic E-state index is 11.0. The first-order valence-electron chi connectivity index (χ1n) is 5.09. The van der Waals surface area contributed by atoms with E-state index in [9.17, 15) is 4.79 Å². The molecule has 0 amide bonds. The molecule has 0 saturated heterocycles. The number of hydrogen-bond acceptors (Lipinski definition) is 4. The average molecular weight is 233 g/mol. The molecule has 0 radical (unpaired) electrons. The zero-order chi connectivity index (χ0) is 12.3. The van der Waals surface area contributed by atoms with Crippen molar-refractivity contribution >= 4 is 16.9 Å². The van der Waals surface area contributed by atoms with Crippen LogP contribution in [0.5, 0.6) is 5.88 Å². The highest BCUT2D eigenvalue weighted by Gasteiger charge is 2.09. The van der Waals surface area contributed by atoms with Crippen LogP contribution in [0, 0.1) is 0 Å². The zero-order valence-electron chi connectivity index (χ0n) is 8.96. The minimum Gasteiger partial charge on any atom is -0.478 e. The van der Waals surface area contributed by atoms with Crippen LogP contribution < -0.4 is 4.74 Å². The van der Waals surface area contributed by atoms with Crippen molar-refractivity contribution in [3.63, 3.8) is 0 Å². The van der Waals surface area contributed by atoms with E-state index in [-0.39, 0.29) is 18.8 Å². The number of ether oxygens (including phenoxy) is 1. The Morgan fingerprint density at radius 3 is 2.82 bits per heavy atom. The van der Waals surface area contributed by atoms with Gasteiger partial charge in [-0.2, -0.15) is 0 Å². The van der Waals surface area contributed by atoms with Gasteiger partial charge in [0.05, 0.1) is 17.7 Å². The number of aromatic carboxylic acids is 1. The van der Waals surface area contributed by atoms with Crippen LogP contribution in [-0.2, 0) is 0 Å². The predicted octanol–water partition coefficient (Wildman–Crippen LogP) is 1.30. The summed E-state index contributed by atoms with van der Waals surface area (Å²) >= 11 is 0. The van der Waals surface area contributed by atoms with Crippen LogP contribution in [0.25, 0.3) is 10.9 Å². The highest BCUT2D eigenvalue weighted by Crippen LogP contribution is 2.20. The van der Waals surface area contributed by atoms with Crippen LogP contribution in [0.2, 0.25) is 0 Å². The number of nitrogens with zero attached hydrogens (tertiary/aromatic N) is 1. The third-order valence-electron chi connectivity index (χ3n) is 2.28. The van der Waals surface area contributed by atoms with Gasteiger partial charge in [0.1, 0.15) is 6.61 Å². The van der Waals surface area contributed by atoms with Gasteiger partial charge in [-0.3, -0.25) is 0 Å². The molecule has 2 rings (SSSR count). The molecule has 5 heteroatoms. The summed E-state index contributed by atoms with van der Waals surface area (Å²) in [6.07, 6.45) is 0. The molecule has 88 valence electrons. The van der Waals surface area contributed by atoms with Crippen molar-refractivity contribution in [2.24, 2.45) is 0 Å². The molecule has 0 aliphatic rings. The Kier molecular flexibility index (Phi) is 3.20. The SMILES string of the molecule is O=C(O)c1cccc2nc(OCCO)ccc12. The summed E-state index contributed by atoms with van der Waals surface area (Å²) in [5, 5.41) is 18.2. The maximum Gasteiger partial charge on any atom is 0.336 e. The molecule has 0 aliphatic heterocycles. The van der Waals surface area contributed by atoms with Gasteiger partial charge in [0.15, 0.2) is 0 Å². The van der Waals surface area contributed by atoms with E-state index in [4.69, 9.17) is 14.9 Å². The number of carboxylic acids is 1. The van der Waals surface area contributed by atoms with E-state index in [0.717, 1.165) is 0 Å². The van der Waals surface area contributed by atoms with Gasteiger partial charge in [-0.25, -0.2) is 9.78 Å². The van der Waals surface area contributed by atoms with E-state index >= 15 is 0 Å². The first-order chi connectivity index (χ1) is 8.22. The minimum atomic E-state index is -0.985. The summed E-state index contributed by atoms with van der Waals surface area (Å²) < 4.78 is 5.16. The number of fused-ring (bicyclic) bond motifs is 1. The van der Waals surface area contributed by atoms with Gasteiger partial charge >= 0.3 is 5.97 Å². The lowest BCUT2D eigenvalue weighted by Crippen LogP contribution is -2.03. The minimum absolute atomic E-state index is 0.0884. The average Bonchev–Trinajstić information content (AvgIpc) is 2.35. The first kappa shape index (κ1) is 11.3. The molecule has 2 N–H and O–H groups in total. The van der Waals surface area contributed by atoms with E-state index in [0.29, 0.717) is 16.8 Å². The molecule has 0 bridgehead atoms. The lowest BCUT2D eigenvalue weighted by Gasteiger charge is -2.05. The van der Waals surface area contributed by atoms with Crippen molar-refractivity contribution in [1.29, 1.82) is 0 Å². The first-order valence-corrected chi connectivity index (χ1v) is 5.09. The topological polar surface area (TPSA) is 79.7 Å². The second-order valence-corrected chi connectivity index (χ2v) is 3.40. The number of carbonyl (C=O) groups is 1. The highest BCUT2D eigenvalue weighted by atomic mass is 16.5. The normalized spacial score (nSPS) is 10.4. The summed E-state index contributed by atoms with van der Waals surface area (Å²) in [6, 6.07) is 8.12.